The highest BCUT2D eigenvalue weighted by Crippen LogP contribution is 2.32. The van der Waals surface area contributed by atoms with Gasteiger partial charge in [0.25, 0.3) is 0 Å². The number of halogens is 1. The molecule has 5 nitrogen and oxygen atoms in total. The quantitative estimate of drug-likeness (QED) is 0.385. The van der Waals surface area contributed by atoms with Gasteiger partial charge in [0.1, 0.15) is 6.10 Å². The monoisotopic (exact) mass is 459 g/mol. The Kier molecular flexibility index (Phi) is 6.74. The molecule has 31 heavy (non-hydrogen) atoms. The van der Waals surface area contributed by atoms with Crippen LogP contribution in [0.5, 0.6) is 0 Å². The Balaban J connectivity index is 1.99. The lowest BCUT2D eigenvalue weighted by atomic mass is 9.87. The molecule has 1 aromatic heterocycles. The number of aromatic nitrogens is 1. The van der Waals surface area contributed by atoms with Crippen molar-refractivity contribution in [2.75, 3.05) is 7.11 Å². The van der Waals surface area contributed by atoms with Gasteiger partial charge in [-0.05, 0) is 51.9 Å². The van der Waals surface area contributed by atoms with Crippen LogP contribution < -0.4 is 4.73 Å². The van der Waals surface area contributed by atoms with Crippen molar-refractivity contribution in [1.82, 2.24) is 0 Å². The Morgan fingerprint density at radius 1 is 1.03 bits per heavy atom. The number of ether oxygens (including phenoxy) is 1. The van der Waals surface area contributed by atoms with Crippen molar-refractivity contribution in [1.29, 1.82) is 0 Å². The lowest BCUT2D eigenvalue weighted by Gasteiger charge is -2.21. The number of hydrogen-bond donors (Lipinski definition) is 0. The molecule has 0 aliphatic carbocycles. The first kappa shape index (κ1) is 23.3. The van der Waals surface area contributed by atoms with Crippen LogP contribution in [0.2, 0.25) is 5.02 Å². The molecule has 1 heterocycles. The van der Waals surface area contributed by atoms with Crippen LogP contribution in [0.15, 0.2) is 71.9 Å². The van der Waals surface area contributed by atoms with Crippen molar-refractivity contribution in [3.8, 4) is 0 Å². The lowest BCUT2D eigenvalue weighted by Crippen LogP contribution is -2.24. The van der Waals surface area contributed by atoms with E-state index in [1.807, 2.05) is 12.1 Å². The molecule has 0 N–H and O–H groups in total. The van der Waals surface area contributed by atoms with Crippen LogP contribution >= 0.6 is 11.6 Å². The summed E-state index contributed by atoms with van der Waals surface area (Å²) in [6.45, 7) is 6.25. The highest BCUT2D eigenvalue weighted by atomic mass is 35.5. The molecule has 0 radical (unpaired) electrons. The second-order valence-corrected chi connectivity index (χ2v) is 10.9. The van der Waals surface area contributed by atoms with E-state index in [4.69, 9.17) is 16.3 Å². The molecule has 0 aliphatic heterocycles. The van der Waals surface area contributed by atoms with E-state index in [-0.39, 0.29) is 16.1 Å². The van der Waals surface area contributed by atoms with Gasteiger partial charge in [0, 0.05) is 24.3 Å². The van der Waals surface area contributed by atoms with Gasteiger partial charge in [0.15, 0.2) is 22.2 Å². The number of methoxy groups -OCH3 is 1. The number of nitrogens with zero attached hydrogens (tertiary/aromatic N) is 1. The highest BCUT2D eigenvalue weighted by Gasteiger charge is 2.24. The smallest absolute Gasteiger partial charge is 0.182 e. The highest BCUT2D eigenvalue weighted by molar-refractivity contribution is 7.90. The van der Waals surface area contributed by atoms with Gasteiger partial charge in [0.2, 0.25) is 0 Å². The Hall–Kier alpha value is -2.41. The Morgan fingerprint density at radius 3 is 2.19 bits per heavy atom. The second-order valence-electron chi connectivity index (χ2n) is 8.48. The maximum Gasteiger partial charge on any atom is 0.182 e. The fourth-order valence-electron chi connectivity index (χ4n) is 3.43. The molecule has 0 bridgehead atoms. The van der Waals surface area contributed by atoms with E-state index >= 15 is 0 Å². The van der Waals surface area contributed by atoms with E-state index in [1.165, 1.54) is 19.5 Å². The van der Waals surface area contributed by atoms with E-state index < -0.39 is 15.9 Å². The molecular formula is C24H26ClNO4S. The average molecular weight is 460 g/mol. The minimum Gasteiger partial charge on any atom is -0.619 e. The first-order valence-electron chi connectivity index (χ1n) is 9.84. The number of pyridine rings is 1. The summed E-state index contributed by atoms with van der Waals surface area (Å²) in [5.74, 6) is -0.192. The van der Waals surface area contributed by atoms with Crippen LogP contribution in [-0.2, 0) is 25.7 Å². The molecule has 0 aliphatic rings. The molecule has 7 heteroatoms. The van der Waals surface area contributed by atoms with Crippen LogP contribution in [0, 0.1) is 5.21 Å². The Morgan fingerprint density at radius 2 is 1.65 bits per heavy atom. The van der Waals surface area contributed by atoms with Crippen molar-refractivity contribution < 1.29 is 17.9 Å². The third-order valence-electron chi connectivity index (χ3n) is 5.18. The van der Waals surface area contributed by atoms with Gasteiger partial charge in [0.05, 0.1) is 10.6 Å². The SMILES string of the molecule is COC(c1cc[n+]([O-])cc1)c1cc(Cl)ccc1CS(=O)(=O)c1ccc(C(C)(C)C)cc1. The molecule has 1 unspecified atom stereocenters. The molecule has 164 valence electrons. The number of sulfone groups is 1. The van der Waals surface area contributed by atoms with Gasteiger partial charge in [-0.15, -0.1) is 0 Å². The largest absolute Gasteiger partial charge is 0.619 e. The molecule has 0 saturated carbocycles. The Bertz CT molecular complexity index is 1150. The first-order chi connectivity index (χ1) is 14.5. The third kappa shape index (κ3) is 5.45. The standard InChI is InChI=1S/C24H26ClNO4S/c1-24(2,3)19-6-9-21(10-7-19)31(28,29)16-18-5-8-20(25)15-22(18)23(30-4)17-11-13-26(27)14-12-17/h5-15,23H,16H2,1-4H3. The summed E-state index contributed by atoms with van der Waals surface area (Å²) < 4.78 is 32.7. The molecule has 0 spiro atoms. The zero-order valence-corrected chi connectivity index (χ0v) is 19.6. The van der Waals surface area contributed by atoms with Gasteiger partial charge in [-0.2, -0.15) is 4.73 Å². The summed E-state index contributed by atoms with van der Waals surface area (Å²) in [6.07, 6.45) is 2.19. The zero-order chi connectivity index (χ0) is 22.8. The molecule has 1 atom stereocenters. The van der Waals surface area contributed by atoms with Gasteiger partial charge in [-0.3, -0.25) is 0 Å². The van der Waals surface area contributed by atoms with Crippen molar-refractivity contribution in [3.05, 3.63) is 99.5 Å². The normalized spacial score (nSPS) is 13.2. The van der Waals surface area contributed by atoms with E-state index in [9.17, 15) is 13.6 Å². The van der Waals surface area contributed by atoms with Crippen LogP contribution in [0.1, 0.15) is 49.1 Å². The summed E-state index contributed by atoms with van der Waals surface area (Å²) >= 11 is 6.22. The van der Waals surface area contributed by atoms with Crippen LogP contribution in [0.3, 0.4) is 0 Å². The molecule has 0 saturated heterocycles. The van der Waals surface area contributed by atoms with E-state index in [2.05, 4.69) is 20.8 Å². The zero-order valence-electron chi connectivity index (χ0n) is 18.0. The summed E-state index contributed by atoms with van der Waals surface area (Å²) in [5.41, 5.74) is 2.97. The minimum absolute atomic E-state index is 0.0603. The third-order valence-corrected chi connectivity index (χ3v) is 7.10. The topological polar surface area (TPSA) is 70.3 Å². The van der Waals surface area contributed by atoms with Crippen molar-refractivity contribution in [3.63, 3.8) is 0 Å². The van der Waals surface area contributed by atoms with Crippen molar-refractivity contribution >= 4 is 21.4 Å². The predicted molar refractivity (Wildman–Crippen MR) is 122 cm³/mol. The molecule has 0 amide bonds. The fourth-order valence-corrected chi connectivity index (χ4v) is 5.00. The molecule has 3 aromatic rings. The Labute approximate surface area is 188 Å². The fraction of sp³-hybridized carbons (Fsp3) is 0.292. The number of hydrogen-bond acceptors (Lipinski definition) is 4. The molecular weight excluding hydrogens is 434 g/mol. The van der Waals surface area contributed by atoms with Crippen LogP contribution in [-0.4, -0.2) is 15.5 Å². The second kappa shape index (κ2) is 8.99. The van der Waals surface area contributed by atoms with E-state index in [1.54, 1.807) is 42.5 Å². The van der Waals surface area contributed by atoms with Crippen LogP contribution in [0.4, 0.5) is 0 Å². The average Bonchev–Trinajstić information content (AvgIpc) is 2.71. The number of rotatable bonds is 6. The van der Waals surface area contributed by atoms with Crippen molar-refractivity contribution in [2.24, 2.45) is 0 Å². The molecule has 3 rings (SSSR count). The van der Waals surface area contributed by atoms with Crippen molar-refractivity contribution in [2.45, 2.75) is 42.9 Å². The molecule has 2 aromatic carbocycles. The molecule has 0 fully saturated rings. The van der Waals surface area contributed by atoms with Gasteiger partial charge in [-0.25, -0.2) is 8.42 Å². The number of benzene rings is 2. The minimum atomic E-state index is -3.59. The van der Waals surface area contributed by atoms with Crippen LogP contribution in [0.25, 0.3) is 0 Å². The lowest BCUT2D eigenvalue weighted by molar-refractivity contribution is -0.605. The van der Waals surface area contributed by atoms with E-state index in [0.29, 0.717) is 20.9 Å². The summed E-state index contributed by atoms with van der Waals surface area (Å²) in [7, 11) is -2.06. The predicted octanol–water partition coefficient (Wildman–Crippen LogP) is 4.98. The summed E-state index contributed by atoms with van der Waals surface area (Å²) in [4.78, 5) is 0.266. The van der Waals surface area contributed by atoms with Gasteiger partial charge < -0.3 is 9.94 Å². The summed E-state index contributed by atoms with van der Waals surface area (Å²) in [5, 5.41) is 11.9. The van der Waals surface area contributed by atoms with E-state index in [0.717, 1.165) is 11.1 Å². The summed E-state index contributed by atoms with van der Waals surface area (Å²) in [6, 6.07) is 15.4. The first-order valence-corrected chi connectivity index (χ1v) is 11.9. The maximum atomic E-state index is 13.2. The maximum absolute atomic E-state index is 13.2. The van der Waals surface area contributed by atoms with Gasteiger partial charge in [-0.1, -0.05) is 50.6 Å². The van der Waals surface area contributed by atoms with Gasteiger partial charge >= 0.3 is 0 Å².